The van der Waals surface area contributed by atoms with Gasteiger partial charge in [-0.3, -0.25) is 0 Å². The number of benzene rings is 1. The van der Waals surface area contributed by atoms with E-state index >= 15 is 0 Å². The highest BCUT2D eigenvalue weighted by molar-refractivity contribution is 9.10. The van der Waals surface area contributed by atoms with Crippen LogP contribution in [0.1, 0.15) is 5.56 Å². The maximum absolute atomic E-state index is 11.1. The summed E-state index contributed by atoms with van der Waals surface area (Å²) >= 11 is 3.40. The lowest BCUT2D eigenvalue weighted by atomic mass is 9.93. The van der Waals surface area contributed by atoms with Gasteiger partial charge < -0.3 is 5.11 Å². The van der Waals surface area contributed by atoms with Gasteiger partial charge in [-0.1, -0.05) is 28.1 Å². The zero-order chi connectivity index (χ0) is 14.7. The molecule has 0 aliphatic rings. The Balaban J connectivity index is 1.94. The van der Waals surface area contributed by atoms with Gasteiger partial charge in [-0.2, -0.15) is 10.2 Å². The molecule has 0 radical (unpaired) electrons. The van der Waals surface area contributed by atoms with Gasteiger partial charge in [0.05, 0.1) is 13.1 Å². The van der Waals surface area contributed by atoms with E-state index in [-0.39, 0.29) is 13.1 Å². The summed E-state index contributed by atoms with van der Waals surface area (Å²) in [4.78, 5) is 7.82. The first-order valence-corrected chi connectivity index (χ1v) is 7.08. The van der Waals surface area contributed by atoms with Crippen LogP contribution < -0.4 is 0 Å². The zero-order valence-electron chi connectivity index (χ0n) is 11.0. The number of halogens is 1. The van der Waals surface area contributed by atoms with E-state index in [0.29, 0.717) is 0 Å². The van der Waals surface area contributed by atoms with Crippen LogP contribution in [0.25, 0.3) is 0 Å². The average Bonchev–Trinajstić information content (AvgIpc) is 3.13. The summed E-state index contributed by atoms with van der Waals surface area (Å²) in [5.74, 6) is 0. The topological polar surface area (TPSA) is 81.6 Å². The van der Waals surface area contributed by atoms with Crippen molar-refractivity contribution < 1.29 is 5.11 Å². The van der Waals surface area contributed by atoms with Crippen molar-refractivity contribution in [2.24, 2.45) is 0 Å². The molecule has 0 aliphatic carbocycles. The van der Waals surface area contributed by atoms with Crippen molar-refractivity contribution in [2.75, 3.05) is 0 Å². The normalized spacial score (nSPS) is 11.7. The summed E-state index contributed by atoms with van der Waals surface area (Å²) in [6, 6.07) is 7.53. The van der Waals surface area contributed by atoms with E-state index in [1.54, 1.807) is 22.0 Å². The van der Waals surface area contributed by atoms with Crippen LogP contribution in [-0.2, 0) is 18.7 Å². The maximum Gasteiger partial charge on any atom is 0.137 e. The van der Waals surface area contributed by atoms with E-state index in [0.717, 1.165) is 10.0 Å². The van der Waals surface area contributed by atoms with E-state index < -0.39 is 5.60 Å². The summed E-state index contributed by atoms with van der Waals surface area (Å²) < 4.78 is 4.15. The van der Waals surface area contributed by atoms with E-state index in [4.69, 9.17) is 0 Å². The smallest absolute Gasteiger partial charge is 0.137 e. The fraction of sp³-hybridized carbons (Fsp3) is 0.231. The van der Waals surface area contributed by atoms with Crippen LogP contribution in [0.5, 0.6) is 0 Å². The molecule has 0 spiro atoms. The molecule has 3 aromatic rings. The lowest BCUT2D eigenvalue weighted by Crippen LogP contribution is -2.36. The van der Waals surface area contributed by atoms with Crippen molar-refractivity contribution in [2.45, 2.75) is 18.7 Å². The molecule has 0 unspecified atom stereocenters. The Kier molecular flexibility index (Phi) is 3.80. The fourth-order valence-corrected chi connectivity index (χ4v) is 2.42. The molecule has 0 atom stereocenters. The molecule has 8 heteroatoms. The molecule has 0 saturated carbocycles. The third kappa shape index (κ3) is 3.17. The lowest BCUT2D eigenvalue weighted by Gasteiger charge is -2.28. The second-order valence-electron chi connectivity index (χ2n) is 4.72. The zero-order valence-corrected chi connectivity index (χ0v) is 12.6. The highest BCUT2D eigenvalue weighted by Gasteiger charge is 2.31. The summed E-state index contributed by atoms with van der Waals surface area (Å²) in [6.07, 6.45) is 6.03. The van der Waals surface area contributed by atoms with Gasteiger partial charge in [-0.15, -0.1) is 0 Å². The average molecular weight is 349 g/mol. The Labute approximate surface area is 129 Å². The summed E-state index contributed by atoms with van der Waals surface area (Å²) in [5.41, 5.74) is -0.390. The molecule has 0 saturated heterocycles. The number of rotatable bonds is 5. The Morgan fingerprint density at radius 2 is 1.48 bits per heavy atom. The van der Waals surface area contributed by atoms with Gasteiger partial charge in [-0.25, -0.2) is 19.3 Å². The Bertz CT molecular complexity index is 644. The summed E-state index contributed by atoms with van der Waals surface area (Å²) in [5, 5.41) is 19.3. The van der Waals surface area contributed by atoms with E-state index in [1.807, 2.05) is 24.3 Å². The summed E-state index contributed by atoms with van der Waals surface area (Å²) in [6.45, 7) is 0.545. The molecule has 3 rings (SSSR count). The molecule has 21 heavy (non-hydrogen) atoms. The first kappa shape index (κ1) is 13.9. The Hall–Kier alpha value is -2.06. The lowest BCUT2D eigenvalue weighted by molar-refractivity contribution is -0.00542. The van der Waals surface area contributed by atoms with Crippen LogP contribution in [-0.4, -0.2) is 34.6 Å². The second kappa shape index (κ2) is 5.74. The molecule has 2 aromatic heterocycles. The van der Waals surface area contributed by atoms with Crippen LogP contribution in [0, 0.1) is 0 Å². The van der Waals surface area contributed by atoms with Gasteiger partial charge in [-0.05, 0) is 17.7 Å². The number of nitrogens with zero attached hydrogens (tertiary/aromatic N) is 6. The monoisotopic (exact) mass is 348 g/mol. The van der Waals surface area contributed by atoms with Crippen molar-refractivity contribution in [1.82, 2.24) is 29.5 Å². The molecular weight excluding hydrogens is 336 g/mol. The molecule has 0 amide bonds. The minimum Gasteiger partial charge on any atom is -0.381 e. The van der Waals surface area contributed by atoms with Crippen LogP contribution in [0.2, 0.25) is 0 Å². The standard InChI is InChI=1S/C13H13BrN6O/c14-12-3-1-11(2-4-12)13(21,5-19-9-15-7-17-19)6-20-10-16-8-18-20/h1-4,7-10,21H,5-6H2. The molecule has 1 N–H and O–H groups in total. The molecule has 0 aliphatic heterocycles. The highest BCUT2D eigenvalue weighted by Crippen LogP contribution is 2.26. The molecule has 0 bridgehead atoms. The third-order valence-corrected chi connectivity index (χ3v) is 3.69. The van der Waals surface area contributed by atoms with Crippen LogP contribution in [0.4, 0.5) is 0 Å². The quantitative estimate of drug-likeness (QED) is 0.749. The van der Waals surface area contributed by atoms with Crippen molar-refractivity contribution in [3.05, 3.63) is 59.6 Å². The number of aliphatic hydroxyl groups is 1. The molecule has 1 aromatic carbocycles. The molecular formula is C13H13BrN6O. The predicted molar refractivity (Wildman–Crippen MR) is 78.1 cm³/mol. The van der Waals surface area contributed by atoms with E-state index in [9.17, 15) is 5.11 Å². The molecule has 2 heterocycles. The largest absolute Gasteiger partial charge is 0.381 e. The fourth-order valence-electron chi connectivity index (χ4n) is 2.16. The minimum atomic E-state index is -1.16. The van der Waals surface area contributed by atoms with E-state index in [1.165, 1.54) is 12.7 Å². The van der Waals surface area contributed by atoms with Gasteiger partial charge in [0.25, 0.3) is 0 Å². The number of hydrogen-bond donors (Lipinski definition) is 1. The number of aromatic nitrogens is 6. The molecule has 0 fully saturated rings. The van der Waals surface area contributed by atoms with Crippen LogP contribution in [0.3, 0.4) is 0 Å². The van der Waals surface area contributed by atoms with Crippen molar-refractivity contribution in [3.8, 4) is 0 Å². The highest BCUT2D eigenvalue weighted by atomic mass is 79.9. The first-order chi connectivity index (χ1) is 10.2. The molecule has 108 valence electrons. The van der Waals surface area contributed by atoms with Gasteiger partial charge >= 0.3 is 0 Å². The third-order valence-electron chi connectivity index (χ3n) is 3.16. The van der Waals surface area contributed by atoms with Gasteiger partial charge in [0.2, 0.25) is 0 Å². The van der Waals surface area contributed by atoms with Crippen molar-refractivity contribution in [1.29, 1.82) is 0 Å². The predicted octanol–water partition coefficient (Wildman–Crippen LogP) is 1.22. The Morgan fingerprint density at radius 1 is 0.952 bits per heavy atom. The van der Waals surface area contributed by atoms with Crippen LogP contribution in [0.15, 0.2) is 54.0 Å². The Morgan fingerprint density at radius 3 is 1.90 bits per heavy atom. The molecule has 7 nitrogen and oxygen atoms in total. The summed E-state index contributed by atoms with van der Waals surface area (Å²) in [7, 11) is 0. The van der Waals surface area contributed by atoms with Crippen molar-refractivity contribution in [3.63, 3.8) is 0 Å². The first-order valence-electron chi connectivity index (χ1n) is 6.29. The minimum absolute atomic E-state index is 0.272. The van der Waals surface area contributed by atoms with Crippen molar-refractivity contribution >= 4 is 15.9 Å². The van der Waals surface area contributed by atoms with Crippen LogP contribution >= 0.6 is 15.9 Å². The number of hydrogen-bond acceptors (Lipinski definition) is 5. The maximum atomic E-state index is 11.1. The second-order valence-corrected chi connectivity index (χ2v) is 5.64. The van der Waals surface area contributed by atoms with Gasteiger partial charge in [0.15, 0.2) is 0 Å². The SMILES string of the molecule is OC(Cn1cncn1)(Cn1cncn1)c1ccc(Br)cc1. The van der Waals surface area contributed by atoms with E-state index in [2.05, 4.69) is 36.1 Å². The van der Waals surface area contributed by atoms with Gasteiger partial charge in [0.1, 0.15) is 30.9 Å². The van der Waals surface area contributed by atoms with Gasteiger partial charge in [0, 0.05) is 4.47 Å².